The van der Waals surface area contributed by atoms with Crippen LogP contribution in [0.15, 0.2) is 40.9 Å². The molecule has 1 saturated heterocycles. The van der Waals surface area contributed by atoms with Gasteiger partial charge in [0.15, 0.2) is 5.78 Å². The summed E-state index contributed by atoms with van der Waals surface area (Å²) >= 11 is 7.13. The van der Waals surface area contributed by atoms with Crippen LogP contribution < -0.4 is 0 Å². The monoisotopic (exact) mass is 472 g/mol. The van der Waals surface area contributed by atoms with Crippen LogP contribution in [-0.4, -0.2) is 57.8 Å². The van der Waals surface area contributed by atoms with Gasteiger partial charge in [-0.2, -0.15) is 4.98 Å². The largest absolute Gasteiger partial charge is 0.340 e. The highest BCUT2D eigenvalue weighted by molar-refractivity contribution is 7.18. The van der Waals surface area contributed by atoms with Crippen molar-refractivity contribution >= 4 is 34.6 Å². The summed E-state index contributed by atoms with van der Waals surface area (Å²) in [4.78, 5) is 34.0. The Labute approximate surface area is 196 Å². The minimum absolute atomic E-state index is 0.00718. The van der Waals surface area contributed by atoms with Gasteiger partial charge in [0.1, 0.15) is 0 Å². The van der Waals surface area contributed by atoms with Crippen LogP contribution in [0, 0.1) is 6.92 Å². The molecule has 1 atom stereocenters. The van der Waals surface area contributed by atoms with Crippen LogP contribution >= 0.6 is 22.9 Å². The van der Waals surface area contributed by atoms with Gasteiger partial charge in [-0.05, 0) is 26.0 Å². The van der Waals surface area contributed by atoms with E-state index in [2.05, 4.69) is 15.0 Å². The third-order valence-corrected chi connectivity index (χ3v) is 7.01. The molecule has 0 aliphatic carbocycles. The van der Waals surface area contributed by atoms with Gasteiger partial charge in [-0.25, -0.2) is 0 Å². The molecule has 0 spiro atoms. The van der Waals surface area contributed by atoms with Crippen molar-refractivity contribution in [2.45, 2.75) is 32.7 Å². The molecule has 7 nitrogen and oxygen atoms in total. The molecule has 1 aliphatic heterocycles. The maximum atomic E-state index is 12.6. The molecular formula is C23H25ClN4O3S. The minimum atomic E-state index is -0.0386. The highest BCUT2D eigenvalue weighted by Gasteiger charge is 2.28. The van der Waals surface area contributed by atoms with Crippen molar-refractivity contribution in [1.29, 1.82) is 0 Å². The first-order valence-corrected chi connectivity index (χ1v) is 11.8. The van der Waals surface area contributed by atoms with E-state index in [9.17, 15) is 9.59 Å². The number of aryl methyl sites for hydroxylation is 1. The lowest BCUT2D eigenvalue weighted by atomic mass is 10.1. The Kier molecular flexibility index (Phi) is 7.03. The molecule has 4 rings (SSSR count). The van der Waals surface area contributed by atoms with E-state index in [4.69, 9.17) is 16.1 Å². The Hall–Kier alpha value is -2.55. The number of nitrogens with zero attached hydrogens (tertiary/aromatic N) is 4. The number of amides is 1. The third kappa shape index (κ3) is 5.26. The molecule has 0 bridgehead atoms. The Balaban J connectivity index is 1.27. The van der Waals surface area contributed by atoms with Crippen LogP contribution in [0.4, 0.5) is 0 Å². The van der Waals surface area contributed by atoms with Gasteiger partial charge < -0.3 is 9.42 Å². The molecule has 32 heavy (non-hydrogen) atoms. The molecule has 1 amide bonds. The van der Waals surface area contributed by atoms with Crippen LogP contribution in [0.25, 0.3) is 11.4 Å². The van der Waals surface area contributed by atoms with E-state index in [0.717, 1.165) is 5.56 Å². The predicted molar refractivity (Wildman–Crippen MR) is 124 cm³/mol. The van der Waals surface area contributed by atoms with Gasteiger partial charge in [0.05, 0.1) is 15.3 Å². The van der Waals surface area contributed by atoms with Crippen LogP contribution in [-0.2, 0) is 4.79 Å². The molecule has 1 aliphatic rings. The third-order valence-electron chi connectivity index (χ3n) is 5.74. The van der Waals surface area contributed by atoms with Crippen molar-refractivity contribution < 1.29 is 14.1 Å². The zero-order chi connectivity index (χ0) is 22.7. The lowest BCUT2D eigenvalue weighted by Gasteiger charge is -2.36. The van der Waals surface area contributed by atoms with Crippen LogP contribution in [0.5, 0.6) is 0 Å². The van der Waals surface area contributed by atoms with Gasteiger partial charge >= 0.3 is 0 Å². The minimum Gasteiger partial charge on any atom is -0.340 e. The van der Waals surface area contributed by atoms with Crippen LogP contribution in [0.1, 0.15) is 46.9 Å². The van der Waals surface area contributed by atoms with Crippen molar-refractivity contribution in [2.75, 3.05) is 26.2 Å². The molecule has 1 aromatic carbocycles. The van der Waals surface area contributed by atoms with Crippen LogP contribution in [0.2, 0.25) is 4.34 Å². The van der Waals surface area contributed by atoms with E-state index in [1.54, 1.807) is 12.1 Å². The zero-order valence-corrected chi connectivity index (χ0v) is 19.7. The van der Waals surface area contributed by atoms with E-state index in [0.29, 0.717) is 47.1 Å². The number of hydrogen-bond donors (Lipinski definition) is 0. The number of hydrogen-bond acceptors (Lipinski definition) is 7. The van der Waals surface area contributed by atoms with Crippen LogP contribution in [0.3, 0.4) is 0 Å². The average molecular weight is 473 g/mol. The zero-order valence-electron chi connectivity index (χ0n) is 18.1. The van der Waals surface area contributed by atoms with E-state index >= 15 is 0 Å². The number of aromatic nitrogens is 2. The summed E-state index contributed by atoms with van der Waals surface area (Å²) in [5, 5.41) is 4.13. The van der Waals surface area contributed by atoms with Crippen molar-refractivity contribution in [3.8, 4) is 11.4 Å². The molecule has 168 valence electrons. The average Bonchev–Trinajstić information content (AvgIpc) is 3.47. The Morgan fingerprint density at radius 3 is 2.47 bits per heavy atom. The number of thiophene rings is 1. The number of Topliss-reactive ketones (excluding diaryl/α,β-unsaturated/α-hetero) is 1. The highest BCUT2D eigenvalue weighted by Crippen LogP contribution is 2.25. The molecule has 1 fully saturated rings. The van der Waals surface area contributed by atoms with Crippen molar-refractivity contribution in [3.05, 3.63) is 57.1 Å². The summed E-state index contributed by atoms with van der Waals surface area (Å²) in [6, 6.07) is 11.4. The first-order chi connectivity index (χ1) is 15.4. The van der Waals surface area contributed by atoms with Gasteiger partial charge in [0.2, 0.25) is 17.6 Å². The van der Waals surface area contributed by atoms with E-state index in [1.807, 2.05) is 43.0 Å². The molecule has 0 radical (unpaired) electrons. The van der Waals surface area contributed by atoms with Crippen molar-refractivity contribution in [2.24, 2.45) is 0 Å². The van der Waals surface area contributed by atoms with E-state index in [1.165, 1.54) is 16.9 Å². The van der Waals surface area contributed by atoms with E-state index < -0.39 is 0 Å². The molecule has 0 saturated carbocycles. The Morgan fingerprint density at radius 1 is 1.09 bits per heavy atom. The standard InChI is InChI=1S/C23H25ClN4O3S/c1-15-3-5-17(6-4-15)22-25-23(31-26-22)16(2)27-11-13-28(14-12-27)21(30)10-7-18(29)19-8-9-20(24)32-19/h3-6,8-9,16H,7,10-14H2,1-2H3. The predicted octanol–water partition coefficient (Wildman–Crippen LogP) is 4.63. The molecule has 2 aromatic heterocycles. The van der Waals surface area contributed by atoms with Gasteiger partial charge in [-0.1, -0.05) is 46.6 Å². The van der Waals surface area contributed by atoms with Gasteiger partial charge in [0.25, 0.3) is 0 Å². The first-order valence-electron chi connectivity index (χ1n) is 10.6. The quantitative estimate of drug-likeness (QED) is 0.466. The summed E-state index contributed by atoms with van der Waals surface area (Å²) in [7, 11) is 0. The summed E-state index contributed by atoms with van der Waals surface area (Å²) < 4.78 is 6.10. The Bertz CT molecular complexity index is 1090. The Morgan fingerprint density at radius 2 is 1.81 bits per heavy atom. The van der Waals surface area contributed by atoms with Crippen molar-refractivity contribution in [1.82, 2.24) is 19.9 Å². The first kappa shape index (κ1) is 22.6. The number of carbonyl (C=O) groups is 2. The number of piperazine rings is 1. The van der Waals surface area contributed by atoms with E-state index in [-0.39, 0.29) is 30.6 Å². The molecular weight excluding hydrogens is 448 g/mol. The number of halogens is 1. The number of ketones is 1. The summed E-state index contributed by atoms with van der Waals surface area (Å²) in [6.45, 7) is 6.72. The summed E-state index contributed by atoms with van der Waals surface area (Å²) in [5.74, 6) is 1.12. The van der Waals surface area contributed by atoms with Gasteiger partial charge in [-0.15, -0.1) is 11.3 Å². The van der Waals surface area contributed by atoms with Gasteiger partial charge in [-0.3, -0.25) is 14.5 Å². The highest BCUT2D eigenvalue weighted by atomic mass is 35.5. The smallest absolute Gasteiger partial charge is 0.244 e. The fraction of sp³-hybridized carbons (Fsp3) is 0.391. The molecule has 0 N–H and O–H groups in total. The second kappa shape index (κ2) is 9.94. The van der Waals surface area contributed by atoms with Gasteiger partial charge in [0, 0.05) is 44.6 Å². The normalized spacial score (nSPS) is 15.7. The molecule has 1 unspecified atom stereocenters. The molecule has 3 heterocycles. The number of benzene rings is 1. The lowest BCUT2D eigenvalue weighted by molar-refractivity contribution is -0.133. The fourth-order valence-electron chi connectivity index (χ4n) is 3.71. The molecule has 9 heteroatoms. The topological polar surface area (TPSA) is 79.5 Å². The SMILES string of the molecule is Cc1ccc(-c2noc(C(C)N3CCN(C(=O)CCC(=O)c4ccc(Cl)s4)CC3)n2)cc1. The second-order valence-electron chi connectivity index (χ2n) is 7.94. The van der Waals surface area contributed by atoms with Crippen molar-refractivity contribution in [3.63, 3.8) is 0 Å². The maximum absolute atomic E-state index is 12.6. The summed E-state index contributed by atoms with van der Waals surface area (Å²) in [5.41, 5.74) is 2.10. The number of carbonyl (C=O) groups excluding carboxylic acids is 2. The molecule has 3 aromatic rings. The lowest BCUT2D eigenvalue weighted by Crippen LogP contribution is -2.49. The second-order valence-corrected chi connectivity index (χ2v) is 9.66. The maximum Gasteiger partial charge on any atom is 0.244 e. The summed E-state index contributed by atoms with van der Waals surface area (Å²) in [6.07, 6.45) is 0.420. The number of rotatable bonds is 7. The fourth-order valence-corrected chi connectivity index (χ4v) is 4.72.